The smallest absolute Gasteiger partial charge is 0.244 e. The number of sulfonamides is 1. The molecule has 1 aromatic carbocycles. The molecule has 1 fully saturated rings. The number of anilines is 1. The maximum absolute atomic E-state index is 12.5. The van der Waals surface area contributed by atoms with Crippen LogP contribution in [0.1, 0.15) is 12.8 Å². The first kappa shape index (κ1) is 16.0. The first-order valence-corrected chi connectivity index (χ1v) is 8.72. The number of hydrogen-bond acceptors (Lipinski definition) is 4. The fraction of sp³-hybridized carbons (Fsp3) is 0.500. The second-order valence-electron chi connectivity index (χ2n) is 5.08. The minimum atomic E-state index is -3.66. The molecule has 112 valence electrons. The molecule has 1 aliphatic rings. The predicted octanol–water partition coefficient (Wildman–Crippen LogP) is 2.08. The van der Waals surface area contributed by atoms with Crippen LogP contribution >= 0.6 is 27.5 Å². The van der Waals surface area contributed by atoms with Gasteiger partial charge in [0.25, 0.3) is 0 Å². The summed E-state index contributed by atoms with van der Waals surface area (Å²) in [4.78, 5) is 0.0601. The van der Waals surface area contributed by atoms with E-state index in [9.17, 15) is 13.5 Å². The number of hydrogen-bond donors (Lipinski definition) is 2. The van der Waals surface area contributed by atoms with E-state index < -0.39 is 10.0 Å². The van der Waals surface area contributed by atoms with Crippen LogP contribution in [0.5, 0.6) is 0 Å². The molecular weight excluding hydrogens is 368 g/mol. The first-order chi connectivity index (χ1) is 9.21. The molecule has 0 spiro atoms. The van der Waals surface area contributed by atoms with Gasteiger partial charge in [0.2, 0.25) is 10.0 Å². The summed E-state index contributed by atoms with van der Waals surface area (Å²) in [6.07, 6.45) is 0.974. The summed E-state index contributed by atoms with van der Waals surface area (Å²) in [6.45, 7) is 0.373. The summed E-state index contributed by atoms with van der Waals surface area (Å²) in [6, 6.07) is 2.87. The number of nitrogens with two attached hydrogens (primary N) is 1. The molecule has 0 aliphatic heterocycles. The molecule has 0 aromatic heterocycles. The maximum Gasteiger partial charge on any atom is 0.244 e. The Balaban J connectivity index is 2.25. The molecule has 1 saturated carbocycles. The highest BCUT2D eigenvalue weighted by molar-refractivity contribution is 9.10. The monoisotopic (exact) mass is 382 g/mol. The van der Waals surface area contributed by atoms with Crippen LogP contribution in [0.2, 0.25) is 5.02 Å². The van der Waals surface area contributed by atoms with Crippen molar-refractivity contribution in [2.75, 3.05) is 19.3 Å². The van der Waals surface area contributed by atoms with Crippen LogP contribution in [-0.4, -0.2) is 37.5 Å². The van der Waals surface area contributed by atoms with Gasteiger partial charge in [-0.1, -0.05) is 11.6 Å². The molecule has 20 heavy (non-hydrogen) atoms. The summed E-state index contributed by atoms with van der Waals surface area (Å²) < 4.78 is 26.7. The van der Waals surface area contributed by atoms with Crippen LogP contribution in [0.15, 0.2) is 21.5 Å². The molecule has 5 nitrogen and oxygen atoms in total. The van der Waals surface area contributed by atoms with E-state index in [4.69, 9.17) is 17.3 Å². The highest BCUT2D eigenvalue weighted by atomic mass is 79.9. The molecule has 0 atom stereocenters. The third-order valence-electron chi connectivity index (χ3n) is 3.45. The Bertz CT molecular complexity index is 617. The molecule has 0 unspecified atom stereocenters. The van der Waals surface area contributed by atoms with E-state index in [2.05, 4.69) is 15.9 Å². The third-order valence-corrected chi connectivity index (χ3v) is 6.66. The zero-order chi connectivity index (χ0) is 15.1. The lowest BCUT2D eigenvalue weighted by molar-refractivity contribution is 0.0367. The Morgan fingerprint density at radius 3 is 2.65 bits per heavy atom. The number of halogens is 2. The Morgan fingerprint density at radius 2 is 2.10 bits per heavy atom. The van der Waals surface area contributed by atoms with Crippen molar-refractivity contribution >= 4 is 43.2 Å². The van der Waals surface area contributed by atoms with Crippen LogP contribution in [0.3, 0.4) is 0 Å². The molecule has 8 heteroatoms. The van der Waals surface area contributed by atoms with Crippen LogP contribution < -0.4 is 5.73 Å². The molecule has 1 aliphatic carbocycles. The molecule has 3 N–H and O–H groups in total. The number of benzene rings is 1. The fourth-order valence-electron chi connectivity index (χ4n) is 2.25. The summed E-state index contributed by atoms with van der Waals surface area (Å²) in [5, 5.41) is 9.53. The normalized spacial score (nSPS) is 22.9. The minimum absolute atomic E-state index is 0.0601. The van der Waals surface area contributed by atoms with Gasteiger partial charge in [-0.3, -0.25) is 0 Å². The van der Waals surface area contributed by atoms with Gasteiger partial charge in [-0.05, 0) is 46.8 Å². The zero-order valence-electron chi connectivity index (χ0n) is 10.9. The fourth-order valence-corrected chi connectivity index (χ4v) is 4.75. The zero-order valence-corrected chi connectivity index (χ0v) is 14.0. The third kappa shape index (κ3) is 3.12. The molecule has 0 amide bonds. The lowest BCUT2D eigenvalue weighted by atomic mass is 9.82. The molecule has 2 rings (SSSR count). The Kier molecular flexibility index (Phi) is 4.66. The Labute approximate surface area is 131 Å². The first-order valence-electron chi connectivity index (χ1n) is 6.10. The number of rotatable bonds is 4. The average Bonchev–Trinajstić information content (AvgIpc) is 2.31. The van der Waals surface area contributed by atoms with E-state index in [-0.39, 0.29) is 27.6 Å². The van der Waals surface area contributed by atoms with Crippen LogP contribution in [0.25, 0.3) is 0 Å². The number of nitrogen functional groups attached to an aromatic ring is 1. The topological polar surface area (TPSA) is 83.6 Å². The molecule has 0 radical (unpaired) electrons. The highest BCUT2D eigenvalue weighted by Gasteiger charge is 2.32. The Morgan fingerprint density at radius 1 is 1.50 bits per heavy atom. The van der Waals surface area contributed by atoms with Crippen molar-refractivity contribution < 1.29 is 13.5 Å². The lowest BCUT2D eigenvalue weighted by Crippen LogP contribution is -2.39. The van der Waals surface area contributed by atoms with Crippen molar-refractivity contribution in [3.05, 3.63) is 21.6 Å². The predicted molar refractivity (Wildman–Crippen MR) is 82.1 cm³/mol. The van der Waals surface area contributed by atoms with Gasteiger partial charge in [0, 0.05) is 24.3 Å². The lowest BCUT2D eigenvalue weighted by Gasteiger charge is -2.34. The summed E-state index contributed by atoms with van der Waals surface area (Å²) >= 11 is 9.08. The van der Waals surface area contributed by atoms with E-state index in [1.165, 1.54) is 23.5 Å². The van der Waals surface area contributed by atoms with Crippen molar-refractivity contribution in [2.24, 2.45) is 5.92 Å². The van der Waals surface area contributed by atoms with E-state index >= 15 is 0 Å². The van der Waals surface area contributed by atoms with Gasteiger partial charge in [-0.2, -0.15) is 0 Å². The quantitative estimate of drug-likeness (QED) is 0.780. The van der Waals surface area contributed by atoms with Crippen molar-refractivity contribution in [2.45, 2.75) is 23.8 Å². The minimum Gasteiger partial charge on any atom is -0.398 e. The molecule has 0 heterocycles. The van der Waals surface area contributed by atoms with Gasteiger partial charge >= 0.3 is 0 Å². The van der Waals surface area contributed by atoms with Gasteiger partial charge in [-0.15, -0.1) is 0 Å². The van der Waals surface area contributed by atoms with Gasteiger partial charge in [0.15, 0.2) is 0 Å². The van der Waals surface area contributed by atoms with Crippen molar-refractivity contribution in [1.82, 2.24) is 4.31 Å². The number of nitrogens with zero attached hydrogens (tertiary/aromatic N) is 1. The number of aliphatic hydroxyl groups excluding tert-OH is 1. The van der Waals surface area contributed by atoms with E-state index in [0.717, 1.165) is 0 Å². The maximum atomic E-state index is 12.5. The second kappa shape index (κ2) is 5.81. The van der Waals surface area contributed by atoms with Crippen molar-refractivity contribution in [1.29, 1.82) is 0 Å². The molecule has 1 aromatic rings. The van der Waals surface area contributed by atoms with E-state index in [1.54, 1.807) is 0 Å². The van der Waals surface area contributed by atoms with Crippen LogP contribution in [-0.2, 0) is 10.0 Å². The van der Waals surface area contributed by atoms with E-state index in [1.807, 2.05) is 0 Å². The van der Waals surface area contributed by atoms with Crippen molar-refractivity contribution in [3.63, 3.8) is 0 Å². The summed E-state index contributed by atoms with van der Waals surface area (Å²) in [7, 11) is -2.15. The van der Waals surface area contributed by atoms with Gasteiger partial charge < -0.3 is 10.8 Å². The SMILES string of the molecule is CN(CC1CC(O)C1)S(=O)(=O)c1cc(Cl)cc(N)c1Br. The standard InChI is InChI=1S/C12H16BrClN2O3S/c1-16(6-7-2-9(17)3-7)20(18,19)11-5-8(14)4-10(15)12(11)13/h4-5,7,9,17H,2-3,6,15H2,1H3. The molecular formula is C12H16BrClN2O3S. The van der Waals surface area contributed by atoms with Crippen LogP contribution in [0, 0.1) is 5.92 Å². The van der Waals surface area contributed by atoms with Crippen molar-refractivity contribution in [3.8, 4) is 0 Å². The number of aliphatic hydroxyl groups is 1. The summed E-state index contributed by atoms with van der Waals surface area (Å²) in [5.74, 6) is 0.195. The largest absolute Gasteiger partial charge is 0.398 e. The highest BCUT2D eigenvalue weighted by Crippen LogP contribution is 2.34. The summed E-state index contributed by atoms with van der Waals surface area (Å²) in [5.41, 5.74) is 6.01. The van der Waals surface area contributed by atoms with Crippen LogP contribution in [0.4, 0.5) is 5.69 Å². The Hall–Kier alpha value is -0.340. The van der Waals surface area contributed by atoms with Gasteiger partial charge in [0.1, 0.15) is 0 Å². The molecule has 0 bridgehead atoms. The average molecular weight is 384 g/mol. The second-order valence-corrected chi connectivity index (χ2v) is 8.33. The van der Waals surface area contributed by atoms with Gasteiger partial charge in [0.05, 0.1) is 15.5 Å². The molecule has 0 saturated heterocycles. The van der Waals surface area contributed by atoms with E-state index in [0.29, 0.717) is 23.9 Å². The van der Waals surface area contributed by atoms with Gasteiger partial charge in [-0.25, -0.2) is 12.7 Å².